The SMILES string of the molecule is CCCCN(c1ccccc1)c1cccc2c1NCCC2. The molecule has 1 aliphatic heterocycles. The van der Waals surface area contributed by atoms with Gasteiger partial charge in [0.15, 0.2) is 0 Å². The molecule has 0 fully saturated rings. The summed E-state index contributed by atoms with van der Waals surface area (Å²) in [6.45, 7) is 4.40. The van der Waals surface area contributed by atoms with E-state index in [2.05, 4.69) is 65.7 Å². The largest absolute Gasteiger partial charge is 0.383 e. The zero-order valence-electron chi connectivity index (χ0n) is 12.8. The smallest absolute Gasteiger partial charge is 0.0649 e. The lowest BCUT2D eigenvalue weighted by Crippen LogP contribution is -2.22. The molecule has 3 rings (SSSR count). The van der Waals surface area contributed by atoms with Gasteiger partial charge in [-0.2, -0.15) is 0 Å². The van der Waals surface area contributed by atoms with E-state index < -0.39 is 0 Å². The van der Waals surface area contributed by atoms with Crippen molar-refractivity contribution in [2.24, 2.45) is 0 Å². The number of fused-ring (bicyclic) bond motifs is 1. The Labute approximate surface area is 127 Å². The summed E-state index contributed by atoms with van der Waals surface area (Å²) in [7, 11) is 0. The number of anilines is 3. The van der Waals surface area contributed by atoms with Crippen molar-refractivity contribution < 1.29 is 0 Å². The van der Waals surface area contributed by atoms with Crippen LogP contribution in [-0.2, 0) is 6.42 Å². The van der Waals surface area contributed by atoms with E-state index in [1.54, 1.807) is 0 Å². The zero-order chi connectivity index (χ0) is 14.5. The molecule has 1 N–H and O–H groups in total. The van der Waals surface area contributed by atoms with E-state index in [9.17, 15) is 0 Å². The summed E-state index contributed by atoms with van der Waals surface area (Å²) >= 11 is 0. The predicted octanol–water partition coefficient (Wildman–Crippen LogP) is 4.98. The number of aryl methyl sites for hydroxylation is 1. The number of rotatable bonds is 5. The van der Waals surface area contributed by atoms with Crippen LogP contribution < -0.4 is 10.2 Å². The van der Waals surface area contributed by atoms with Gasteiger partial charge in [0.05, 0.1) is 11.4 Å². The molecule has 1 heterocycles. The molecule has 2 nitrogen and oxygen atoms in total. The van der Waals surface area contributed by atoms with Crippen molar-refractivity contribution >= 4 is 17.1 Å². The molecule has 0 aliphatic carbocycles. The highest BCUT2D eigenvalue weighted by molar-refractivity contribution is 5.79. The topological polar surface area (TPSA) is 15.3 Å². The number of hydrogen-bond donors (Lipinski definition) is 1. The Morgan fingerprint density at radius 3 is 2.71 bits per heavy atom. The van der Waals surface area contributed by atoms with Crippen molar-refractivity contribution in [3.63, 3.8) is 0 Å². The summed E-state index contributed by atoms with van der Waals surface area (Å²) in [4.78, 5) is 2.46. The molecule has 0 aromatic heterocycles. The molecule has 0 bridgehead atoms. The summed E-state index contributed by atoms with van der Waals surface area (Å²) in [6, 6.07) is 17.4. The zero-order valence-corrected chi connectivity index (χ0v) is 12.8. The lowest BCUT2D eigenvalue weighted by atomic mass is 10.0. The van der Waals surface area contributed by atoms with Gasteiger partial charge in [0.25, 0.3) is 0 Å². The van der Waals surface area contributed by atoms with Crippen molar-refractivity contribution in [2.75, 3.05) is 23.3 Å². The minimum Gasteiger partial charge on any atom is -0.383 e. The standard InChI is InChI=1S/C19H24N2/c1-2-3-15-21(17-11-5-4-6-12-17)18-13-7-9-16-10-8-14-20-19(16)18/h4-7,9,11-13,20H,2-3,8,10,14-15H2,1H3. The summed E-state index contributed by atoms with van der Waals surface area (Å²) in [6.07, 6.45) is 4.84. The maximum atomic E-state index is 3.62. The molecule has 0 saturated carbocycles. The van der Waals surface area contributed by atoms with E-state index in [4.69, 9.17) is 0 Å². The number of nitrogens with one attached hydrogen (secondary N) is 1. The molecule has 0 amide bonds. The first-order valence-electron chi connectivity index (χ1n) is 8.08. The number of nitrogens with zero attached hydrogens (tertiary/aromatic N) is 1. The highest BCUT2D eigenvalue weighted by Gasteiger charge is 2.17. The minimum atomic E-state index is 1.07. The second-order valence-electron chi connectivity index (χ2n) is 5.68. The predicted molar refractivity (Wildman–Crippen MR) is 91.6 cm³/mol. The lowest BCUT2D eigenvalue weighted by molar-refractivity contribution is 0.781. The van der Waals surface area contributed by atoms with E-state index in [1.165, 1.54) is 48.3 Å². The summed E-state index contributed by atoms with van der Waals surface area (Å²) in [5, 5.41) is 3.62. The normalized spacial score (nSPS) is 13.4. The lowest BCUT2D eigenvalue weighted by Gasteiger charge is -2.30. The van der Waals surface area contributed by atoms with Gasteiger partial charge < -0.3 is 10.2 Å². The van der Waals surface area contributed by atoms with E-state index in [1.807, 2.05) is 0 Å². The third-order valence-corrected chi connectivity index (χ3v) is 4.15. The Bertz CT molecular complexity index is 577. The Morgan fingerprint density at radius 2 is 1.90 bits per heavy atom. The van der Waals surface area contributed by atoms with Crippen molar-refractivity contribution in [1.82, 2.24) is 0 Å². The Balaban J connectivity index is 2.00. The van der Waals surface area contributed by atoms with Gasteiger partial charge in [-0.1, -0.05) is 43.7 Å². The molecular formula is C19H24N2. The van der Waals surface area contributed by atoms with Crippen molar-refractivity contribution in [3.8, 4) is 0 Å². The second kappa shape index (κ2) is 6.66. The molecule has 1 aliphatic rings. The first kappa shape index (κ1) is 14.0. The van der Waals surface area contributed by atoms with Gasteiger partial charge >= 0.3 is 0 Å². The number of hydrogen-bond acceptors (Lipinski definition) is 2. The first-order valence-corrected chi connectivity index (χ1v) is 8.08. The minimum absolute atomic E-state index is 1.07. The average Bonchev–Trinajstić information content (AvgIpc) is 2.56. The monoisotopic (exact) mass is 280 g/mol. The quantitative estimate of drug-likeness (QED) is 0.830. The van der Waals surface area contributed by atoms with Crippen LogP contribution in [-0.4, -0.2) is 13.1 Å². The molecule has 0 radical (unpaired) electrons. The van der Waals surface area contributed by atoms with Gasteiger partial charge in [0, 0.05) is 18.8 Å². The van der Waals surface area contributed by atoms with Crippen LogP contribution in [0.1, 0.15) is 31.7 Å². The Kier molecular flexibility index (Phi) is 4.44. The third-order valence-electron chi connectivity index (χ3n) is 4.15. The van der Waals surface area contributed by atoms with Crippen LogP contribution >= 0.6 is 0 Å². The fourth-order valence-electron chi connectivity index (χ4n) is 3.03. The van der Waals surface area contributed by atoms with Gasteiger partial charge in [0.1, 0.15) is 0 Å². The summed E-state index contributed by atoms with van der Waals surface area (Å²) in [5.74, 6) is 0. The summed E-state index contributed by atoms with van der Waals surface area (Å²) in [5.41, 5.74) is 5.40. The highest BCUT2D eigenvalue weighted by Crippen LogP contribution is 2.36. The van der Waals surface area contributed by atoms with E-state index in [0.717, 1.165) is 13.1 Å². The maximum absolute atomic E-state index is 3.62. The fraction of sp³-hybridized carbons (Fsp3) is 0.368. The van der Waals surface area contributed by atoms with Gasteiger partial charge in [-0.15, -0.1) is 0 Å². The van der Waals surface area contributed by atoms with Crippen LogP contribution in [0.15, 0.2) is 48.5 Å². The molecule has 0 atom stereocenters. The van der Waals surface area contributed by atoms with Crippen molar-refractivity contribution in [3.05, 3.63) is 54.1 Å². The molecule has 2 aromatic carbocycles. The number of unbranched alkanes of at least 4 members (excludes halogenated alkanes) is 1. The van der Waals surface area contributed by atoms with Crippen molar-refractivity contribution in [1.29, 1.82) is 0 Å². The molecule has 0 unspecified atom stereocenters. The van der Waals surface area contributed by atoms with Crippen LogP contribution in [0, 0.1) is 0 Å². The average molecular weight is 280 g/mol. The molecular weight excluding hydrogens is 256 g/mol. The molecule has 0 saturated heterocycles. The van der Waals surface area contributed by atoms with Crippen LogP contribution in [0.2, 0.25) is 0 Å². The molecule has 21 heavy (non-hydrogen) atoms. The molecule has 2 heteroatoms. The van der Waals surface area contributed by atoms with Crippen LogP contribution in [0.25, 0.3) is 0 Å². The van der Waals surface area contributed by atoms with Gasteiger partial charge in [-0.3, -0.25) is 0 Å². The van der Waals surface area contributed by atoms with Gasteiger partial charge in [-0.25, -0.2) is 0 Å². The fourth-order valence-corrected chi connectivity index (χ4v) is 3.03. The molecule has 110 valence electrons. The molecule has 0 spiro atoms. The first-order chi connectivity index (χ1) is 10.4. The van der Waals surface area contributed by atoms with Crippen molar-refractivity contribution in [2.45, 2.75) is 32.6 Å². The summed E-state index contributed by atoms with van der Waals surface area (Å²) < 4.78 is 0. The van der Waals surface area contributed by atoms with Crippen LogP contribution in [0.5, 0.6) is 0 Å². The van der Waals surface area contributed by atoms with Gasteiger partial charge in [0.2, 0.25) is 0 Å². The van der Waals surface area contributed by atoms with E-state index >= 15 is 0 Å². The van der Waals surface area contributed by atoms with E-state index in [-0.39, 0.29) is 0 Å². The maximum Gasteiger partial charge on any atom is 0.0649 e. The molecule has 2 aromatic rings. The highest BCUT2D eigenvalue weighted by atomic mass is 15.2. The van der Waals surface area contributed by atoms with E-state index in [0.29, 0.717) is 0 Å². The Hall–Kier alpha value is -1.96. The Morgan fingerprint density at radius 1 is 1.05 bits per heavy atom. The second-order valence-corrected chi connectivity index (χ2v) is 5.68. The van der Waals surface area contributed by atoms with Gasteiger partial charge in [-0.05, 0) is 43.0 Å². The third kappa shape index (κ3) is 3.05. The number of benzene rings is 2. The van der Waals surface area contributed by atoms with Crippen LogP contribution in [0.4, 0.5) is 17.1 Å². The van der Waals surface area contributed by atoms with Crippen LogP contribution in [0.3, 0.4) is 0 Å². The number of para-hydroxylation sites is 2.